The van der Waals surface area contributed by atoms with Crippen LogP contribution in [0.1, 0.15) is 35.7 Å². The van der Waals surface area contributed by atoms with Gasteiger partial charge in [0, 0.05) is 35.7 Å². The molecular weight excluding hydrogens is 316 g/mol. The molecule has 4 heteroatoms. The van der Waals surface area contributed by atoms with Gasteiger partial charge < -0.3 is 4.90 Å². The van der Waals surface area contributed by atoms with E-state index in [4.69, 9.17) is 0 Å². The van der Waals surface area contributed by atoms with E-state index in [1.165, 1.54) is 24.9 Å². The Morgan fingerprint density at radius 3 is 2.90 bits per heavy atom. The highest BCUT2D eigenvalue weighted by atomic mass is 79.9. The second-order valence-corrected chi connectivity index (χ2v) is 6.79. The minimum Gasteiger partial charge on any atom is -0.337 e. The van der Waals surface area contributed by atoms with Gasteiger partial charge >= 0.3 is 0 Å². The Morgan fingerprint density at radius 1 is 1.30 bits per heavy atom. The molecule has 0 N–H and O–H groups in total. The number of rotatable bonds is 3. The van der Waals surface area contributed by atoms with Gasteiger partial charge in [0.1, 0.15) is 0 Å². The summed E-state index contributed by atoms with van der Waals surface area (Å²) in [7, 11) is 0. The van der Waals surface area contributed by atoms with Gasteiger partial charge in [-0.2, -0.15) is 0 Å². The zero-order valence-electron chi connectivity index (χ0n) is 11.9. The number of amides is 1. The normalized spacial score (nSPS) is 23.2. The fourth-order valence-electron chi connectivity index (χ4n) is 3.28. The highest BCUT2D eigenvalue weighted by Gasteiger charge is 2.26. The molecular formula is C16H21BrN2O. The molecule has 2 aliphatic heterocycles. The summed E-state index contributed by atoms with van der Waals surface area (Å²) in [6.45, 7) is 6.20. The number of hydrogen-bond donors (Lipinski definition) is 0. The molecule has 2 heterocycles. The Morgan fingerprint density at radius 2 is 2.15 bits per heavy atom. The van der Waals surface area contributed by atoms with E-state index in [0.717, 1.165) is 36.1 Å². The average molecular weight is 337 g/mol. The maximum absolute atomic E-state index is 12.5. The molecule has 20 heavy (non-hydrogen) atoms. The van der Waals surface area contributed by atoms with Crippen LogP contribution in [-0.4, -0.2) is 47.9 Å². The predicted molar refractivity (Wildman–Crippen MR) is 84.0 cm³/mol. The van der Waals surface area contributed by atoms with E-state index in [1.54, 1.807) is 0 Å². The minimum atomic E-state index is 0.194. The zero-order valence-corrected chi connectivity index (χ0v) is 13.5. The fraction of sp³-hybridized carbons (Fsp3) is 0.562. The summed E-state index contributed by atoms with van der Waals surface area (Å²) in [5.41, 5.74) is 2.06. The molecule has 1 aromatic carbocycles. The fourth-order valence-corrected chi connectivity index (χ4v) is 3.64. The van der Waals surface area contributed by atoms with Crippen LogP contribution in [0.15, 0.2) is 22.7 Å². The molecule has 0 aliphatic carbocycles. The lowest BCUT2D eigenvalue weighted by Crippen LogP contribution is -2.43. The SMILES string of the molecule is CC1CCCN1CCN1CCc2ccc(Br)cc2C1=O. The van der Waals surface area contributed by atoms with Crippen molar-refractivity contribution < 1.29 is 4.79 Å². The Balaban J connectivity index is 1.66. The molecule has 1 atom stereocenters. The molecule has 0 bridgehead atoms. The molecule has 0 spiro atoms. The van der Waals surface area contributed by atoms with Crippen LogP contribution < -0.4 is 0 Å². The summed E-state index contributed by atoms with van der Waals surface area (Å²) >= 11 is 3.46. The quantitative estimate of drug-likeness (QED) is 0.847. The van der Waals surface area contributed by atoms with Crippen LogP contribution in [0, 0.1) is 0 Å². The first kappa shape index (κ1) is 14.1. The van der Waals surface area contributed by atoms with Crippen LogP contribution in [0.25, 0.3) is 0 Å². The van der Waals surface area contributed by atoms with Crippen molar-refractivity contribution in [1.29, 1.82) is 0 Å². The molecule has 108 valence electrons. The Labute approximate surface area is 129 Å². The van der Waals surface area contributed by atoms with Crippen LogP contribution in [0.4, 0.5) is 0 Å². The van der Waals surface area contributed by atoms with E-state index < -0.39 is 0 Å². The second kappa shape index (κ2) is 5.86. The van der Waals surface area contributed by atoms with E-state index >= 15 is 0 Å². The Hall–Kier alpha value is -0.870. The number of nitrogens with zero attached hydrogens (tertiary/aromatic N) is 2. The summed E-state index contributed by atoms with van der Waals surface area (Å²) in [5, 5.41) is 0. The van der Waals surface area contributed by atoms with Crippen LogP contribution in [-0.2, 0) is 6.42 Å². The maximum atomic E-state index is 12.5. The third-order valence-electron chi connectivity index (χ3n) is 4.59. The smallest absolute Gasteiger partial charge is 0.254 e. The van der Waals surface area contributed by atoms with Gasteiger partial charge in [0.05, 0.1) is 0 Å². The van der Waals surface area contributed by atoms with Gasteiger partial charge in [-0.25, -0.2) is 0 Å². The summed E-state index contributed by atoms with van der Waals surface area (Å²) in [5.74, 6) is 0.194. The van der Waals surface area contributed by atoms with E-state index in [-0.39, 0.29) is 5.91 Å². The van der Waals surface area contributed by atoms with Gasteiger partial charge in [-0.15, -0.1) is 0 Å². The molecule has 1 saturated heterocycles. The Bertz CT molecular complexity index is 517. The van der Waals surface area contributed by atoms with Crippen molar-refractivity contribution in [2.24, 2.45) is 0 Å². The number of hydrogen-bond acceptors (Lipinski definition) is 2. The first-order valence-corrected chi connectivity index (χ1v) is 8.26. The molecule has 3 rings (SSSR count). The topological polar surface area (TPSA) is 23.6 Å². The number of benzene rings is 1. The van der Waals surface area contributed by atoms with Gasteiger partial charge in [-0.3, -0.25) is 9.69 Å². The lowest BCUT2D eigenvalue weighted by atomic mass is 9.99. The maximum Gasteiger partial charge on any atom is 0.254 e. The lowest BCUT2D eigenvalue weighted by molar-refractivity contribution is 0.0716. The van der Waals surface area contributed by atoms with Crippen LogP contribution in [0.2, 0.25) is 0 Å². The monoisotopic (exact) mass is 336 g/mol. The first-order chi connectivity index (χ1) is 9.65. The lowest BCUT2D eigenvalue weighted by Gasteiger charge is -2.31. The van der Waals surface area contributed by atoms with Gasteiger partial charge in [0.2, 0.25) is 0 Å². The van der Waals surface area contributed by atoms with Crippen molar-refractivity contribution >= 4 is 21.8 Å². The molecule has 1 amide bonds. The predicted octanol–water partition coefficient (Wildman–Crippen LogP) is 2.93. The summed E-state index contributed by atoms with van der Waals surface area (Å²) < 4.78 is 0.986. The third-order valence-corrected chi connectivity index (χ3v) is 5.08. The molecule has 0 saturated carbocycles. The van der Waals surface area contributed by atoms with Crippen molar-refractivity contribution in [3.63, 3.8) is 0 Å². The molecule has 1 aromatic rings. The first-order valence-electron chi connectivity index (χ1n) is 7.47. The molecule has 0 radical (unpaired) electrons. The number of carbonyl (C=O) groups is 1. The van der Waals surface area contributed by atoms with E-state index in [2.05, 4.69) is 33.8 Å². The minimum absolute atomic E-state index is 0.194. The van der Waals surface area contributed by atoms with E-state index in [9.17, 15) is 4.79 Å². The van der Waals surface area contributed by atoms with Crippen molar-refractivity contribution in [3.8, 4) is 0 Å². The Kier molecular flexibility index (Phi) is 4.13. The van der Waals surface area contributed by atoms with Crippen molar-refractivity contribution in [2.75, 3.05) is 26.2 Å². The van der Waals surface area contributed by atoms with Crippen molar-refractivity contribution in [2.45, 2.75) is 32.2 Å². The molecule has 3 nitrogen and oxygen atoms in total. The number of carbonyl (C=O) groups excluding carboxylic acids is 1. The van der Waals surface area contributed by atoms with Gasteiger partial charge in [0.25, 0.3) is 5.91 Å². The summed E-state index contributed by atoms with van der Waals surface area (Å²) in [6.07, 6.45) is 3.57. The van der Waals surface area contributed by atoms with E-state index in [0.29, 0.717) is 6.04 Å². The standard InChI is InChI=1S/C16H21BrN2O/c1-12-3-2-7-18(12)9-10-19-8-6-13-4-5-14(17)11-15(13)16(19)20/h4-5,11-12H,2-3,6-10H2,1H3. The second-order valence-electron chi connectivity index (χ2n) is 5.87. The summed E-state index contributed by atoms with van der Waals surface area (Å²) in [6, 6.07) is 6.73. The largest absolute Gasteiger partial charge is 0.337 e. The van der Waals surface area contributed by atoms with Crippen LogP contribution in [0.5, 0.6) is 0 Å². The van der Waals surface area contributed by atoms with Crippen LogP contribution in [0.3, 0.4) is 0 Å². The number of fused-ring (bicyclic) bond motifs is 1. The van der Waals surface area contributed by atoms with Gasteiger partial charge in [0.15, 0.2) is 0 Å². The highest BCUT2D eigenvalue weighted by Crippen LogP contribution is 2.23. The van der Waals surface area contributed by atoms with Crippen molar-refractivity contribution in [1.82, 2.24) is 9.80 Å². The molecule has 1 fully saturated rings. The van der Waals surface area contributed by atoms with Crippen molar-refractivity contribution in [3.05, 3.63) is 33.8 Å². The van der Waals surface area contributed by atoms with Gasteiger partial charge in [-0.1, -0.05) is 22.0 Å². The van der Waals surface area contributed by atoms with E-state index in [1.807, 2.05) is 17.0 Å². The van der Waals surface area contributed by atoms with Gasteiger partial charge in [-0.05, 0) is 50.4 Å². The zero-order chi connectivity index (χ0) is 14.1. The number of halogens is 1. The molecule has 0 aromatic heterocycles. The average Bonchev–Trinajstić information content (AvgIpc) is 2.84. The molecule has 1 unspecified atom stereocenters. The number of likely N-dealkylation sites (tertiary alicyclic amines) is 1. The summed E-state index contributed by atoms with van der Waals surface area (Å²) in [4.78, 5) is 17.1. The third kappa shape index (κ3) is 2.77. The highest BCUT2D eigenvalue weighted by molar-refractivity contribution is 9.10. The van der Waals surface area contributed by atoms with Crippen LogP contribution >= 0.6 is 15.9 Å². The molecule has 2 aliphatic rings.